The Balaban J connectivity index is 1.80. The summed E-state index contributed by atoms with van der Waals surface area (Å²) < 4.78 is 0. The normalized spacial score (nSPS) is 12.3. The topological polar surface area (TPSA) is 45.8 Å². The minimum Gasteiger partial charge on any atom is -0.306 e. The Labute approximate surface area is 136 Å². The molecule has 0 amide bonds. The summed E-state index contributed by atoms with van der Waals surface area (Å²) in [6.45, 7) is 0. The molecule has 1 aliphatic rings. The first-order valence-corrected chi connectivity index (χ1v) is 8.32. The van der Waals surface area contributed by atoms with Crippen molar-refractivity contribution in [1.29, 1.82) is 0 Å². The first-order chi connectivity index (χ1) is 11.3. The largest absolute Gasteiger partial charge is 0.306 e. The van der Waals surface area contributed by atoms with E-state index in [4.69, 9.17) is 4.98 Å². The summed E-state index contributed by atoms with van der Waals surface area (Å²) in [6.07, 6.45) is 0.895. The van der Waals surface area contributed by atoms with Crippen molar-refractivity contribution in [3.05, 3.63) is 75.4 Å². The van der Waals surface area contributed by atoms with Gasteiger partial charge in [-0.1, -0.05) is 54.6 Å². The Morgan fingerprint density at radius 2 is 1.78 bits per heavy atom. The minimum absolute atomic E-state index is 0.0527. The van der Waals surface area contributed by atoms with Gasteiger partial charge in [-0.2, -0.15) is 0 Å². The number of thiophene rings is 1. The van der Waals surface area contributed by atoms with Crippen molar-refractivity contribution in [2.24, 2.45) is 0 Å². The van der Waals surface area contributed by atoms with Crippen LogP contribution in [0.3, 0.4) is 0 Å². The molecule has 3 nitrogen and oxygen atoms in total. The second-order valence-corrected chi connectivity index (χ2v) is 6.78. The van der Waals surface area contributed by atoms with Gasteiger partial charge in [0.05, 0.1) is 5.39 Å². The molecule has 4 heteroatoms. The van der Waals surface area contributed by atoms with Crippen LogP contribution in [0.25, 0.3) is 32.7 Å². The van der Waals surface area contributed by atoms with Gasteiger partial charge in [0, 0.05) is 22.4 Å². The van der Waals surface area contributed by atoms with Crippen LogP contribution in [-0.4, -0.2) is 9.97 Å². The molecule has 1 aliphatic carbocycles. The van der Waals surface area contributed by atoms with E-state index in [2.05, 4.69) is 17.1 Å². The molecule has 1 N–H and O–H groups in total. The summed E-state index contributed by atoms with van der Waals surface area (Å²) in [5.41, 5.74) is 4.42. The van der Waals surface area contributed by atoms with Gasteiger partial charge in [-0.3, -0.25) is 4.79 Å². The SMILES string of the molecule is O=c1[nH]c(-c2ccccc2)nc2sc3c(c12)-c1ccccc1C3. The highest BCUT2D eigenvalue weighted by Gasteiger charge is 2.25. The van der Waals surface area contributed by atoms with Crippen LogP contribution in [0, 0.1) is 0 Å². The zero-order valence-electron chi connectivity index (χ0n) is 12.2. The summed E-state index contributed by atoms with van der Waals surface area (Å²) in [4.78, 5) is 22.4. The Hall–Kier alpha value is -2.72. The lowest BCUT2D eigenvalue weighted by atomic mass is 10.1. The fourth-order valence-corrected chi connectivity index (χ4v) is 4.50. The zero-order chi connectivity index (χ0) is 15.4. The van der Waals surface area contributed by atoms with E-state index in [9.17, 15) is 4.79 Å². The maximum atomic E-state index is 12.7. The third-order valence-electron chi connectivity index (χ3n) is 4.32. The highest BCUT2D eigenvalue weighted by Crippen LogP contribution is 2.44. The molecule has 2 aromatic carbocycles. The van der Waals surface area contributed by atoms with Gasteiger partial charge in [-0.05, 0) is 11.1 Å². The monoisotopic (exact) mass is 316 g/mol. The van der Waals surface area contributed by atoms with Crippen LogP contribution >= 0.6 is 11.3 Å². The second kappa shape index (κ2) is 4.64. The lowest BCUT2D eigenvalue weighted by Gasteiger charge is -2.02. The first-order valence-electron chi connectivity index (χ1n) is 7.50. The van der Waals surface area contributed by atoms with Crippen LogP contribution in [0.1, 0.15) is 10.4 Å². The Morgan fingerprint density at radius 3 is 2.65 bits per heavy atom. The maximum Gasteiger partial charge on any atom is 0.260 e. The summed E-state index contributed by atoms with van der Waals surface area (Å²) in [7, 11) is 0. The highest BCUT2D eigenvalue weighted by atomic mass is 32.1. The van der Waals surface area contributed by atoms with Crippen molar-refractivity contribution >= 4 is 21.6 Å². The maximum absolute atomic E-state index is 12.7. The van der Waals surface area contributed by atoms with Crippen molar-refractivity contribution in [3.8, 4) is 22.5 Å². The standard InChI is InChI=1S/C19H12N2OS/c22-18-16-15-13-9-5-4-8-12(13)10-14(15)23-19(16)21-17(20-18)11-6-2-1-3-7-11/h1-9H,10H2,(H,20,21,22). The molecule has 0 aliphatic heterocycles. The number of aromatic amines is 1. The average Bonchev–Trinajstić information content (AvgIpc) is 3.11. The average molecular weight is 316 g/mol. The summed E-state index contributed by atoms with van der Waals surface area (Å²) in [5.74, 6) is 0.635. The van der Waals surface area contributed by atoms with E-state index in [1.807, 2.05) is 42.5 Å². The zero-order valence-corrected chi connectivity index (χ0v) is 13.0. The minimum atomic E-state index is -0.0527. The quantitative estimate of drug-likeness (QED) is 0.503. The fourth-order valence-electron chi connectivity index (χ4n) is 3.29. The van der Waals surface area contributed by atoms with Gasteiger partial charge in [0.25, 0.3) is 5.56 Å². The van der Waals surface area contributed by atoms with E-state index in [1.54, 1.807) is 11.3 Å². The van der Waals surface area contributed by atoms with E-state index < -0.39 is 0 Å². The number of hydrogen-bond acceptors (Lipinski definition) is 3. The number of aromatic nitrogens is 2. The first kappa shape index (κ1) is 12.8. The van der Waals surface area contributed by atoms with Crippen molar-refractivity contribution in [2.45, 2.75) is 6.42 Å². The van der Waals surface area contributed by atoms with Crippen LogP contribution < -0.4 is 5.56 Å². The van der Waals surface area contributed by atoms with Crippen molar-refractivity contribution in [3.63, 3.8) is 0 Å². The van der Waals surface area contributed by atoms with E-state index >= 15 is 0 Å². The van der Waals surface area contributed by atoms with Crippen LogP contribution in [0.5, 0.6) is 0 Å². The van der Waals surface area contributed by atoms with Gasteiger partial charge < -0.3 is 4.98 Å². The summed E-state index contributed by atoms with van der Waals surface area (Å²) >= 11 is 1.63. The molecule has 0 atom stereocenters. The lowest BCUT2D eigenvalue weighted by molar-refractivity contribution is 1.19. The molecule has 0 unspecified atom stereocenters. The molecule has 2 heterocycles. The molecule has 2 aromatic heterocycles. The number of fused-ring (bicyclic) bond motifs is 5. The Bertz CT molecular complexity index is 1110. The van der Waals surface area contributed by atoms with Gasteiger partial charge in [-0.25, -0.2) is 4.98 Å². The third kappa shape index (κ3) is 1.82. The molecule has 0 saturated heterocycles. The van der Waals surface area contributed by atoms with Gasteiger partial charge >= 0.3 is 0 Å². The molecular weight excluding hydrogens is 304 g/mol. The molecule has 4 aromatic rings. The predicted molar refractivity (Wildman–Crippen MR) is 93.9 cm³/mol. The number of nitrogens with zero attached hydrogens (tertiary/aromatic N) is 1. The molecule has 0 bridgehead atoms. The van der Waals surface area contributed by atoms with Crippen molar-refractivity contribution in [2.75, 3.05) is 0 Å². The number of hydrogen-bond donors (Lipinski definition) is 1. The van der Waals surface area contributed by atoms with Crippen LogP contribution in [0.2, 0.25) is 0 Å². The van der Waals surface area contributed by atoms with Crippen LogP contribution in [0.4, 0.5) is 0 Å². The molecular formula is C19H12N2OS. The number of rotatable bonds is 1. The molecule has 110 valence electrons. The lowest BCUT2D eigenvalue weighted by Crippen LogP contribution is -2.08. The summed E-state index contributed by atoms with van der Waals surface area (Å²) in [5, 5.41) is 0.731. The van der Waals surface area contributed by atoms with Crippen LogP contribution in [0.15, 0.2) is 59.4 Å². The van der Waals surface area contributed by atoms with Crippen molar-refractivity contribution in [1.82, 2.24) is 9.97 Å². The molecule has 0 saturated carbocycles. The van der Waals surface area contributed by atoms with Gasteiger partial charge in [0.1, 0.15) is 10.7 Å². The molecule has 5 rings (SSSR count). The number of nitrogens with one attached hydrogen (secondary N) is 1. The second-order valence-electron chi connectivity index (χ2n) is 5.69. The van der Waals surface area contributed by atoms with Gasteiger partial charge in [0.15, 0.2) is 0 Å². The number of H-pyrrole nitrogens is 1. The van der Waals surface area contributed by atoms with E-state index in [0.29, 0.717) is 5.82 Å². The molecule has 0 spiro atoms. The van der Waals surface area contributed by atoms with E-state index in [-0.39, 0.29) is 5.56 Å². The smallest absolute Gasteiger partial charge is 0.260 e. The fraction of sp³-hybridized carbons (Fsp3) is 0.0526. The molecule has 0 radical (unpaired) electrons. The molecule has 0 fully saturated rings. The van der Waals surface area contributed by atoms with Crippen LogP contribution in [-0.2, 0) is 6.42 Å². The third-order valence-corrected chi connectivity index (χ3v) is 5.40. The Morgan fingerprint density at radius 1 is 1.00 bits per heavy atom. The van der Waals surface area contributed by atoms with Gasteiger partial charge in [-0.15, -0.1) is 11.3 Å². The van der Waals surface area contributed by atoms with E-state index in [0.717, 1.165) is 27.8 Å². The molecule has 23 heavy (non-hydrogen) atoms. The Kier molecular flexibility index (Phi) is 2.58. The summed E-state index contributed by atoms with van der Waals surface area (Å²) in [6, 6.07) is 18.1. The van der Waals surface area contributed by atoms with E-state index in [1.165, 1.54) is 16.0 Å². The number of benzene rings is 2. The predicted octanol–water partition coefficient (Wildman–Crippen LogP) is 4.22. The highest BCUT2D eigenvalue weighted by molar-refractivity contribution is 7.19. The van der Waals surface area contributed by atoms with Gasteiger partial charge in [0.2, 0.25) is 0 Å². The van der Waals surface area contributed by atoms with Crippen molar-refractivity contribution < 1.29 is 0 Å².